The Balaban J connectivity index is 1.95. The van der Waals surface area contributed by atoms with Gasteiger partial charge in [-0.2, -0.15) is 0 Å². The van der Waals surface area contributed by atoms with Gasteiger partial charge in [0.25, 0.3) is 5.91 Å². The van der Waals surface area contributed by atoms with Crippen LogP contribution in [-0.4, -0.2) is 23.7 Å². The quantitative estimate of drug-likeness (QED) is 0.732. The molecule has 3 aromatic rings. The first kappa shape index (κ1) is 16.9. The molecule has 0 spiro atoms. The zero-order valence-corrected chi connectivity index (χ0v) is 14.7. The minimum Gasteiger partial charge on any atom is -0.494 e. The molecule has 0 aliphatic heterocycles. The fourth-order valence-electron chi connectivity index (χ4n) is 2.86. The molecule has 0 radical (unpaired) electrons. The molecular formula is C20H22N2O3. The van der Waals surface area contributed by atoms with Crippen molar-refractivity contribution in [3.8, 4) is 11.5 Å². The number of carbonyl (C=O) groups is 1. The molecule has 1 amide bonds. The van der Waals surface area contributed by atoms with Crippen molar-refractivity contribution in [1.82, 2.24) is 4.57 Å². The van der Waals surface area contributed by atoms with E-state index in [9.17, 15) is 4.79 Å². The van der Waals surface area contributed by atoms with Crippen LogP contribution < -0.4 is 14.8 Å². The number of amides is 1. The molecule has 2 aromatic carbocycles. The number of nitrogens with zero attached hydrogens (tertiary/aromatic N) is 1. The van der Waals surface area contributed by atoms with Crippen LogP contribution in [0, 0.1) is 0 Å². The lowest BCUT2D eigenvalue weighted by atomic mass is 10.1. The highest BCUT2D eigenvalue weighted by atomic mass is 16.5. The summed E-state index contributed by atoms with van der Waals surface area (Å²) in [5, 5.41) is 3.88. The Kier molecular flexibility index (Phi) is 4.93. The third-order valence-corrected chi connectivity index (χ3v) is 3.95. The molecule has 1 aromatic heterocycles. The highest BCUT2D eigenvalue weighted by molar-refractivity contribution is 6.13. The molecule has 3 rings (SSSR count). The van der Waals surface area contributed by atoms with Gasteiger partial charge < -0.3 is 19.4 Å². The molecular weight excluding hydrogens is 316 g/mol. The molecule has 1 heterocycles. The van der Waals surface area contributed by atoms with Crippen molar-refractivity contribution >= 4 is 22.5 Å². The SMILES string of the molecule is CCOc1ccc(OCC)c(NC(=O)c2cn(C)c3ccccc23)c1. The molecule has 0 atom stereocenters. The van der Waals surface area contributed by atoms with E-state index >= 15 is 0 Å². The third-order valence-electron chi connectivity index (χ3n) is 3.95. The molecule has 0 bridgehead atoms. The van der Waals surface area contributed by atoms with E-state index in [1.165, 1.54) is 0 Å². The lowest BCUT2D eigenvalue weighted by Crippen LogP contribution is -2.13. The lowest BCUT2D eigenvalue weighted by molar-refractivity contribution is 0.102. The Morgan fingerprint density at radius 2 is 1.84 bits per heavy atom. The summed E-state index contributed by atoms with van der Waals surface area (Å²) in [6.45, 7) is 4.91. The van der Waals surface area contributed by atoms with Gasteiger partial charge in [0.05, 0.1) is 24.5 Å². The molecule has 130 valence electrons. The van der Waals surface area contributed by atoms with Crippen LogP contribution in [0.5, 0.6) is 11.5 Å². The van der Waals surface area contributed by atoms with Crippen molar-refractivity contribution in [2.24, 2.45) is 7.05 Å². The number of nitrogens with one attached hydrogen (secondary N) is 1. The van der Waals surface area contributed by atoms with Crippen molar-refractivity contribution in [2.75, 3.05) is 18.5 Å². The summed E-state index contributed by atoms with van der Waals surface area (Å²) < 4.78 is 13.1. The summed E-state index contributed by atoms with van der Waals surface area (Å²) >= 11 is 0. The fraction of sp³-hybridized carbons (Fsp3) is 0.250. The lowest BCUT2D eigenvalue weighted by Gasteiger charge is -2.13. The molecule has 0 aliphatic rings. The van der Waals surface area contributed by atoms with E-state index in [-0.39, 0.29) is 5.91 Å². The van der Waals surface area contributed by atoms with Gasteiger partial charge in [0.2, 0.25) is 0 Å². The molecule has 0 fully saturated rings. The van der Waals surface area contributed by atoms with Gasteiger partial charge >= 0.3 is 0 Å². The van der Waals surface area contributed by atoms with Gasteiger partial charge in [-0.3, -0.25) is 4.79 Å². The number of carbonyl (C=O) groups excluding carboxylic acids is 1. The first-order chi connectivity index (χ1) is 12.1. The average molecular weight is 338 g/mol. The average Bonchev–Trinajstić information content (AvgIpc) is 2.95. The highest BCUT2D eigenvalue weighted by Crippen LogP contribution is 2.30. The summed E-state index contributed by atoms with van der Waals surface area (Å²) in [7, 11) is 1.93. The van der Waals surface area contributed by atoms with Crippen LogP contribution in [0.3, 0.4) is 0 Å². The number of aromatic nitrogens is 1. The molecule has 0 saturated carbocycles. The Morgan fingerprint density at radius 3 is 2.60 bits per heavy atom. The van der Waals surface area contributed by atoms with Crippen LogP contribution in [-0.2, 0) is 7.05 Å². The number of aryl methyl sites for hydroxylation is 1. The number of rotatable bonds is 6. The number of anilines is 1. The van der Waals surface area contributed by atoms with Crippen molar-refractivity contribution < 1.29 is 14.3 Å². The van der Waals surface area contributed by atoms with Gasteiger partial charge in [-0.1, -0.05) is 18.2 Å². The van der Waals surface area contributed by atoms with Gasteiger partial charge in [-0.25, -0.2) is 0 Å². The summed E-state index contributed by atoms with van der Waals surface area (Å²) in [5.41, 5.74) is 2.24. The maximum Gasteiger partial charge on any atom is 0.257 e. The van der Waals surface area contributed by atoms with E-state index in [1.807, 2.05) is 68.1 Å². The number of hydrogen-bond acceptors (Lipinski definition) is 3. The van der Waals surface area contributed by atoms with Crippen LogP contribution in [0.15, 0.2) is 48.7 Å². The molecule has 5 nitrogen and oxygen atoms in total. The van der Waals surface area contributed by atoms with E-state index in [4.69, 9.17) is 9.47 Å². The minimum atomic E-state index is -0.175. The van der Waals surface area contributed by atoms with Crippen molar-refractivity contribution in [2.45, 2.75) is 13.8 Å². The van der Waals surface area contributed by atoms with E-state index in [2.05, 4.69) is 5.32 Å². The highest BCUT2D eigenvalue weighted by Gasteiger charge is 2.16. The first-order valence-electron chi connectivity index (χ1n) is 8.39. The van der Waals surface area contributed by atoms with Crippen LogP contribution >= 0.6 is 0 Å². The minimum absolute atomic E-state index is 0.175. The molecule has 5 heteroatoms. The topological polar surface area (TPSA) is 52.5 Å². The van der Waals surface area contributed by atoms with Crippen LogP contribution in [0.25, 0.3) is 10.9 Å². The molecule has 0 aliphatic carbocycles. The van der Waals surface area contributed by atoms with Gasteiger partial charge in [-0.05, 0) is 32.0 Å². The first-order valence-corrected chi connectivity index (χ1v) is 8.39. The van der Waals surface area contributed by atoms with Crippen LogP contribution in [0.2, 0.25) is 0 Å². The zero-order valence-electron chi connectivity index (χ0n) is 14.7. The Bertz CT molecular complexity index is 899. The predicted octanol–water partition coefficient (Wildman–Crippen LogP) is 4.23. The maximum absolute atomic E-state index is 12.8. The Labute approximate surface area is 147 Å². The van der Waals surface area contributed by atoms with E-state index in [1.54, 1.807) is 6.07 Å². The summed E-state index contributed by atoms with van der Waals surface area (Å²) in [6.07, 6.45) is 1.84. The van der Waals surface area contributed by atoms with Crippen LogP contribution in [0.1, 0.15) is 24.2 Å². The summed E-state index contributed by atoms with van der Waals surface area (Å²) in [6, 6.07) is 13.3. The standard InChI is InChI=1S/C20H22N2O3/c1-4-24-14-10-11-19(25-5-2)17(12-14)21-20(23)16-13-22(3)18-9-7-6-8-15(16)18/h6-13H,4-5H2,1-3H3,(H,21,23). The monoisotopic (exact) mass is 338 g/mol. The van der Waals surface area contributed by atoms with E-state index < -0.39 is 0 Å². The number of hydrogen-bond donors (Lipinski definition) is 1. The largest absolute Gasteiger partial charge is 0.494 e. The second kappa shape index (κ2) is 7.30. The van der Waals surface area contributed by atoms with Gasteiger partial charge in [0, 0.05) is 30.2 Å². The van der Waals surface area contributed by atoms with Crippen molar-refractivity contribution in [3.63, 3.8) is 0 Å². The predicted molar refractivity (Wildman–Crippen MR) is 99.7 cm³/mol. The Hall–Kier alpha value is -2.95. The second-order valence-electron chi connectivity index (χ2n) is 5.65. The summed E-state index contributed by atoms with van der Waals surface area (Å²) in [4.78, 5) is 12.8. The molecule has 0 unspecified atom stereocenters. The number of fused-ring (bicyclic) bond motifs is 1. The summed E-state index contributed by atoms with van der Waals surface area (Å²) in [5.74, 6) is 1.14. The van der Waals surface area contributed by atoms with Crippen molar-refractivity contribution in [3.05, 3.63) is 54.2 Å². The maximum atomic E-state index is 12.8. The number of ether oxygens (including phenoxy) is 2. The van der Waals surface area contributed by atoms with Gasteiger partial charge in [0.15, 0.2) is 0 Å². The molecule has 0 saturated heterocycles. The van der Waals surface area contributed by atoms with E-state index in [0.717, 1.165) is 10.9 Å². The fourth-order valence-corrected chi connectivity index (χ4v) is 2.86. The Morgan fingerprint density at radius 1 is 1.08 bits per heavy atom. The number of para-hydroxylation sites is 1. The molecule has 1 N–H and O–H groups in total. The second-order valence-corrected chi connectivity index (χ2v) is 5.65. The van der Waals surface area contributed by atoms with Gasteiger partial charge in [-0.15, -0.1) is 0 Å². The van der Waals surface area contributed by atoms with Crippen molar-refractivity contribution in [1.29, 1.82) is 0 Å². The van der Waals surface area contributed by atoms with E-state index in [0.29, 0.717) is 36.0 Å². The van der Waals surface area contributed by atoms with Gasteiger partial charge in [0.1, 0.15) is 11.5 Å². The third kappa shape index (κ3) is 3.45. The smallest absolute Gasteiger partial charge is 0.257 e. The molecule has 25 heavy (non-hydrogen) atoms. The van der Waals surface area contributed by atoms with Crippen LogP contribution in [0.4, 0.5) is 5.69 Å². The normalized spacial score (nSPS) is 10.7. The zero-order chi connectivity index (χ0) is 17.8. The number of benzene rings is 2.